The first-order valence-corrected chi connectivity index (χ1v) is 9.33. The van der Waals surface area contributed by atoms with Crippen LogP contribution in [0.2, 0.25) is 0 Å². The Balaban J connectivity index is 2.39. The number of phenolic OH excluding ortho intramolecular Hbond substituents is 1. The van der Waals surface area contributed by atoms with Gasteiger partial charge < -0.3 is 19.3 Å². The largest absolute Gasteiger partial charge is 0.504 e. The molecule has 1 aromatic heterocycles. The molecule has 1 N–H and O–H groups in total. The minimum atomic E-state index is -0.755. The summed E-state index contributed by atoms with van der Waals surface area (Å²) in [6.45, 7) is 3.70. The topological polar surface area (TPSA) is 99.9 Å². The summed E-state index contributed by atoms with van der Waals surface area (Å²) in [4.78, 5) is 25.4. The van der Waals surface area contributed by atoms with E-state index in [1.165, 1.54) is 32.1 Å². The lowest BCUT2D eigenvalue weighted by Crippen LogP contribution is -2.15. The average molecular weight is 422 g/mol. The molecular formula is C23H22N2O6. The number of para-hydroxylation sites is 1. The van der Waals surface area contributed by atoms with Crippen LogP contribution in [0.4, 0.5) is 0 Å². The number of rotatable bonds is 7. The lowest BCUT2D eigenvalue weighted by Gasteiger charge is -2.11. The number of ether oxygens (including phenoxy) is 3. The third kappa shape index (κ3) is 4.00. The maximum absolute atomic E-state index is 12.7. The minimum absolute atomic E-state index is 0.0403. The zero-order valence-electron chi connectivity index (χ0n) is 17.4. The van der Waals surface area contributed by atoms with E-state index in [1.54, 1.807) is 36.4 Å². The second-order valence-electron chi connectivity index (χ2n) is 6.48. The monoisotopic (exact) mass is 422 g/mol. The molecule has 3 rings (SSSR count). The molecule has 8 nitrogen and oxygen atoms in total. The van der Waals surface area contributed by atoms with Gasteiger partial charge in [-0.2, -0.15) is 5.10 Å². The Morgan fingerprint density at radius 1 is 1.10 bits per heavy atom. The highest BCUT2D eigenvalue weighted by Crippen LogP contribution is 2.38. The van der Waals surface area contributed by atoms with Crippen molar-refractivity contribution in [1.82, 2.24) is 9.78 Å². The number of hydrogen-bond donors (Lipinski definition) is 1. The summed E-state index contributed by atoms with van der Waals surface area (Å²) in [7, 11) is 3.85. The van der Waals surface area contributed by atoms with Gasteiger partial charge in [0.2, 0.25) is 0 Å². The van der Waals surface area contributed by atoms with E-state index in [9.17, 15) is 14.7 Å². The standard InChI is InChI=1S/C23H22N2O6/c1-5-9-14-12-15(13-17(29-2)21(14)26)19-18(22(27)30-3)20(23(28)31-4)25(24-19)16-10-7-6-8-11-16/h5-8,10-13,26H,1,9H2,2-4H3. The van der Waals surface area contributed by atoms with Crippen molar-refractivity contribution in [3.63, 3.8) is 0 Å². The first-order valence-electron chi connectivity index (χ1n) is 9.33. The maximum atomic E-state index is 12.7. The molecule has 0 unspecified atom stereocenters. The van der Waals surface area contributed by atoms with Crippen LogP contribution >= 0.6 is 0 Å². The van der Waals surface area contributed by atoms with Gasteiger partial charge in [-0.25, -0.2) is 14.3 Å². The second kappa shape index (κ2) is 9.17. The molecule has 0 saturated carbocycles. The van der Waals surface area contributed by atoms with Gasteiger partial charge in [-0.15, -0.1) is 6.58 Å². The molecule has 1 heterocycles. The zero-order chi connectivity index (χ0) is 22.5. The fraction of sp³-hybridized carbons (Fsp3) is 0.174. The normalized spacial score (nSPS) is 10.4. The van der Waals surface area contributed by atoms with Crippen LogP contribution < -0.4 is 4.74 Å². The lowest BCUT2D eigenvalue weighted by molar-refractivity contribution is 0.0549. The van der Waals surface area contributed by atoms with Crippen LogP contribution in [0.5, 0.6) is 11.5 Å². The van der Waals surface area contributed by atoms with Crippen LogP contribution in [0.25, 0.3) is 16.9 Å². The Labute approximate surface area is 179 Å². The third-order valence-electron chi connectivity index (χ3n) is 4.67. The highest BCUT2D eigenvalue weighted by molar-refractivity contribution is 6.07. The van der Waals surface area contributed by atoms with Crippen molar-refractivity contribution in [2.75, 3.05) is 21.3 Å². The Bertz CT molecular complexity index is 1130. The highest BCUT2D eigenvalue weighted by Gasteiger charge is 2.32. The lowest BCUT2D eigenvalue weighted by atomic mass is 10.0. The smallest absolute Gasteiger partial charge is 0.357 e. The number of hydrogen-bond acceptors (Lipinski definition) is 7. The summed E-state index contributed by atoms with van der Waals surface area (Å²) in [5.41, 5.74) is 1.57. The molecule has 3 aromatic rings. The minimum Gasteiger partial charge on any atom is -0.504 e. The van der Waals surface area contributed by atoms with E-state index in [1.807, 2.05) is 6.07 Å². The Hall–Kier alpha value is -4.07. The molecule has 0 aliphatic rings. The van der Waals surface area contributed by atoms with Crippen molar-refractivity contribution < 1.29 is 28.9 Å². The first kappa shape index (κ1) is 21.6. The van der Waals surface area contributed by atoms with E-state index in [0.717, 1.165) is 0 Å². The van der Waals surface area contributed by atoms with Gasteiger partial charge >= 0.3 is 11.9 Å². The molecule has 0 aliphatic heterocycles. The highest BCUT2D eigenvalue weighted by atomic mass is 16.5. The summed E-state index contributed by atoms with van der Waals surface area (Å²) in [6, 6.07) is 12.1. The molecular weight excluding hydrogens is 400 g/mol. The molecule has 31 heavy (non-hydrogen) atoms. The van der Waals surface area contributed by atoms with Gasteiger partial charge in [-0.1, -0.05) is 24.3 Å². The van der Waals surface area contributed by atoms with Gasteiger partial charge in [-0.3, -0.25) is 0 Å². The molecule has 0 saturated heterocycles. The fourth-order valence-corrected chi connectivity index (χ4v) is 3.23. The SMILES string of the molecule is C=CCc1cc(-c2nn(-c3ccccc3)c(C(=O)OC)c2C(=O)OC)cc(OC)c1O. The van der Waals surface area contributed by atoms with Gasteiger partial charge in [0.15, 0.2) is 17.2 Å². The van der Waals surface area contributed by atoms with Crippen molar-refractivity contribution >= 4 is 11.9 Å². The fourth-order valence-electron chi connectivity index (χ4n) is 3.23. The number of aromatic hydroxyl groups is 1. The van der Waals surface area contributed by atoms with E-state index in [-0.39, 0.29) is 28.5 Å². The van der Waals surface area contributed by atoms with Crippen LogP contribution in [-0.2, 0) is 15.9 Å². The number of carbonyl (C=O) groups is 2. The third-order valence-corrected chi connectivity index (χ3v) is 4.67. The summed E-state index contributed by atoms with van der Waals surface area (Å²) >= 11 is 0. The molecule has 2 aromatic carbocycles. The number of allylic oxidation sites excluding steroid dienone is 1. The molecule has 0 amide bonds. The molecule has 0 aliphatic carbocycles. The summed E-state index contributed by atoms with van der Waals surface area (Å²) in [5.74, 6) is -1.35. The summed E-state index contributed by atoms with van der Waals surface area (Å²) in [6.07, 6.45) is 1.98. The average Bonchev–Trinajstić information content (AvgIpc) is 3.20. The zero-order valence-corrected chi connectivity index (χ0v) is 17.4. The number of benzene rings is 2. The van der Waals surface area contributed by atoms with E-state index < -0.39 is 11.9 Å². The van der Waals surface area contributed by atoms with Crippen molar-refractivity contribution in [2.24, 2.45) is 0 Å². The summed E-state index contributed by atoms with van der Waals surface area (Å²) in [5, 5.41) is 15.0. The molecule has 0 bridgehead atoms. The van der Waals surface area contributed by atoms with Gasteiger partial charge in [0.05, 0.1) is 27.0 Å². The predicted molar refractivity (Wildman–Crippen MR) is 114 cm³/mol. The number of carbonyl (C=O) groups excluding carboxylic acids is 2. The van der Waals surface area contributed by atoms with Crippen LogP contribution in [0.15, 0.2) is 55.1 Å². The maximum Gasteiger partial charge on any atom is 0.357 e. The van der Waals surface area contributed by atoms with Crippen LogP contribution in [-0.4, -0.2) is 48.2 Å². The van der Waals surface area contributed by atoms with E-state index in [4.69, 9.17) is 14.2 Å². The number of nitrogens with zero attached hydrogens (tertiary/aromatic N) is 2. The van der Waals surface area contributed by atoms with E-state index >= 15 is 0 Å². The number of esters is 2. The van der Waals surface area contributed by atoms with Crippen LogP contribution in [0.3, 0.4) is 0 Å². The van der Waals surface area contributed by atoms with E-state index in [2.05, 4.69) is 11.7 Å². The van der Waals surface area contributed by atoms with Crippen molar-refractivity contribution in [2.45, 2.75) is 6.42 Å². The second-order valence-corrected chi connectivity index (χ2v) is 6.48. The van der Waals surface area contributed by atoms with Crippen LogP contribution in [0.1, 0.15) is 26.4 Å². The molecule has 0 fully saturated rings. The Morgan fingerprint density at radius 2 is 1.77 bits per heavy atom. The van der Waals surface area contributed by atoms with Gasteiger partial charge in [0.25, 0.3) is 0 Å². The van der Waals surface area contributed by atoms with Gasteiger partial charge in [0, 0.05) is 11.1 Å². The Kier molecular flexibility index (Phi) is 6.40. The molecule has 160 valence electrons. The quantitative estimate of drug-likeness (QED) is 0.459. The van der Waals surface area contributed by atoms with Crippen molar-refractivity contribution in [3.05, 3.63) is 71.9 Å². The number of methoxy groups -OCH3 is 3. The molecule has 0 spiro atoms. The molecule has 8 heteroatoms. The van der Waals surface area contributed by atoms with Gasteiger partial charge in [0.1, 0.15) is 11.3 Å². The number of aromatic nitrogens is 2. The van der Waals surface area contributed by atoms with Gasteiger partial charge in [-0.05, 0) is 30.7 Å². The Morgan fingerprint density at radius 3 is 2.35 bits per heavy atom. The van der Waals surface area contributed by atoms with E-state index in [0.29, 0.717) is 23.2 Å². The van der Waals surface area contributed by atoms with Crippen molar-refractivity contribution in [1.29, 1.82) is 0 Å². The first-order chi connectivity index (χ1) is 15.0. The van der Waals surface area contributed by atoms with Crippen LogP contribution in [0, 0.1) is 0 Å². The number of phenols is 1. The van der Waals surface area contributed by atoms with Crippen molar-refractivity contribution in [3.8, 4) is 28.4 Å². The predicted octanol–water partition coefficient (Wildman–Crippen LogP) is 3.56. The molecule has 0 radical (unpaired) electrons. The summed E-state index contributed by atoms with van der Waals surface area (Å²) < 4.78 is 16.5. The molecule has 0 atom stereocenters.